The van der Waals surface area contributed by atoms with Gasteiger partial charge in [-0.25, -0.2) is 0 Å². The molecule has 0 aliphatic heterocycles. The third-order valence-corrected chi connectivity index (χ3v) is 10.3. The second-order valence-electron chi connectivity index (χ2n) is 12.9. The number of rotatable bonds is 3. The highest BCUT2D eigenvalue weighted by molar-refractivity contribution is 6.27. The average Bonchev–Trinajstić information content (AvgIpc) is 3.67. The van der Waals surface area contributed by atoms with Crippen LogP contribution in [0.5, 0.6) is 0 Å². The summed E-state index contributed by atoms with van der Waals surface area (Å²) in [5.74, 6) is 0. The van der Waals surface area contributed by atoms with Crippen molar-refractivity contribution in [3.63, 3.8) is 0 Å². The van der Waals surface area contributed by atoms with Gasteiger partial charge in [0.2, 0.25) is 0 Å². The minimum absolute atomic E-state index is 0.163. The Morgan fingerprint density at radius 3 is 1.53 bits per heavy atom. The first-order valence-electron chi connectivity index (χ1n) is 20.9. The first kappa shape index (κ1) is 21.4. The fourth-order valence-electron chi connectivity index (χ4n) is 8.14. The lowest BCUT2D eigenvalue weighted by molar-refractivity contribution is 0.670. The third-order valence-electron chi connectivity index (χ3n) is 10.3. The summed E-state index contributed by atoms with van der Waals surface area (Å²) in [5, 5.41) is 8.07. The molecule has 1 aromatic heterocycles. The summed E-state index contributed by atoms with van der Waals surface area (Å²) >= 11 is 0. The molecule has 10 aromatic carbocycles. The van der Waals surface area contributed by atoms with Gasteiger partial charge in [-0.1, -0.05) is 176 Å². The van der Waals surface area contributed by atoms with Gasteiger partial charge in [0.25, 0.3) is 0 Å². The molecule has 51 heavy (non-hydrogen) atoms. The molecule has 11 aromatic rings. The molecule has 1 nitrogen and oxygen atoms in total. The van der Waals surface area contributed by atoms with Crippen molar-refractivity contribution in [2.24, 2.45) is 0 Å². The van der Waals surface area contributed by atoms with E-state index in [0.29, 0.717) is 33.4 Å². The summed E-state index contributed by atoms with van der Waals surface area (Å²) in [6, 6.07) is 40.3. The van der Waals surface area contributed by atoms with E-state index in [-0.39, 0.29) is 51.3 Å². The number of furan rings is 1. The van der Waals surface area contributed by atoms with E-state index in [1.165, 1.54) is 0 Å². The van der Waals surface area contributed by atoms with Crippen LogP contribution in [0.4, 0.5) is 0 Å². The Morgan fingerprint density at radius 2 is 0.824 bits per heavy atom. The van der Waals surface area contributed by atoms with E-state index in [1.54, 1.807) is 0 Å². The number of hydrogen-bond donors (Lipinski definition) is 0. The summed E-state index contributed by atoms with van der Waals surface area (Å²) in [6.45, 7) is 0. The fourth-order valence-corrected chi connectivity index (χ4v) is 8.14. The molecule has 0 atom stereocenters. The standard InChI is InChI=1S/C50H30O/c1-4-17-34-31(13-1)16-11-24-37(34)47-38-20-7-9-22-40(38)48(41-23-10-8-21-39(41)47)42-29-27-32-14-2-5-18-35(32)46(42)43-25-12-26-44-49-36-19-6-3-15-33(36)28-30-45(49)51-50(43)44/h1-30H/i7D,8D,9D,10D,20D,21D,22D,23D. The molecule has 236 valence electrons. The van der Waals surface area contributed by atoms with Crippen molar-refractivity contribution in [2.45, 2.75) is 0 Å². The number of hydrogen-bond acceptors (Lipinski definition) is 1. The van der Waals surface area contributed by atoms with Crippen LogP contribution in [-0.4, -0.2) is 0 Å². The summed E-state index contributed by atoms with van der Waals surface area (Å²) < 4.78 is 81.2. The van der Waals surface area contributed by atoms with Crippen molar-refractivity contribution in [2.75, 3.05) is 0 Å². The molecule has 0 saturated heterocycles. The Balaban J connectivity index is 1.40. The van der Waals surface area contributed by atoms with Crippen LogP contribution in [0.1, 0.15) is 11.0 Å². The maximum Gasteiger partial charge on any atom is 0.143 e. The largest absolute Gasteiger partial charge is 0.455 e. The van der Waals surface area contributed by atoms with Crippen molar-refractivity contribution in [1.29, 1.82) is 0 Å². The Bertz CT molecular complexity index is 3580. The average molecular weight is 655 g/mol. The highest BCUT2D eigenvalue weighted by Crippen LogP contribution is 2.50. The fraction of sp³-hybridized carbons (Fsp3) is 0. The molecule has 1 heterocycles. The molecule has 0 N–H and O–H groups in total. The zero-order chi connectivity index (χ0) is 40.4. The molecule has 0 aliphatic rings. The molecule has 0 fully saturated rings. The van der Waals surface area contributed by atoms with Crippen LogP contribution >= 0.6 is 0 Å². The minimum atomic E-state index is -0.443. The Hall–Kier alpha value is -6.70. The van der Waals surface area contributed by atoms with E-state index < -0.39 is 24.2 Å². The van der Waals surface area contributed by atoms with Crippen molar-refractivity contribution in [1.82, 2.24) is 0 Å². The summed E-state index contributed by atoms with van der Waals surface area (Å²) in [4.78, 5) is 0. The molecule has 0 bridgehead atoms. The van der Waals surface area contributed by atoms with Gasteiger partial charge < -0.3 is 4.42 Å². The van der Waals surface area contributed by atoms with Gasteiger partial charge in [-0.15, -0.1) is 0 Å². The lowest BCUT2D eigenvalue weighted by Gasteiger charge is -2.21. The first-order valence-corrected chi connectivity index (χ1v) is 16.9. The maximum atomic E-state index is 9.65. The molecule has 0 saturated carbocycles. The number of para-hydroxylation sites is 1. The SMILES string of the molecule is [2H]c1c([2H])c([2H])c2c(-c3cccc4ccccc34)c3c([2H])c([2H])c([2H])c([2H])c3c(-c3ccc4ccccc4c3-c3cccc4c3oc3ccc5ccccc5c34)c2c1[2H]. The van der Waals surface area contributed by atoms with Crippen LogP contribution in [0.3, 0.4) is 0 Å². The topological polar surface area (TPSA) is 13.1 Å². The quantitative estimate of drug-likeness (QED) is 0.173. The van der Waals surface area contributed by atoms with E-state index in [9.17, 15) is 5.48 Å². The van der Waals surface area contributed by atoms with Gasteiger partial charge in [0.1, 0.15) is 11.2 Å². The zero-order valence-corrected chi connectivity index (χ0v) is 27.1. The summed E-state index contributed by atoms with van der Waals surface area (Å²) in [7, 11) is 0. The van der Waals surface area contributed by atoms with Crippen molar-refractivity contribution < 1.29 is 15.4 Å². The maximum absolute atomic E-state index is 9.65. The smallest absolute Gasteiger partial charge is 0.143 e. The molecule has 0 radical (unpaired) electrons. The Labute approximate surface area is 305 Å². The van der Waals surface area contributed by atoms with Gasteiger partial charge in [0.15, 0.2) is 0 Å². The monoisotopic (exact) mass is 654 g/mol. The van der Waals surface area contributed by atoms with E-state index in [1.807, 2.05) is 121 Å². The van der Waals surface area contributed by atoms with Gasteiger partial charge in [-0.2, -0.15) is 0 Å². The van der Waals surface area contributed by atoms with Crippen LogP contribution in [0.2, 0.25) is 0 Å². The highest BCUT2D eigenvalue weighted by Gasteiger charge is 2.23. The predicted octanol–water partition coefficient (Wildman–Crippen LogP) is 14.4. The Kier molecular flexibility index (Phi) is 4.57. The molecule has 0 spiro atoms. The van der Waals surface area contributed by atoms with E-state index >= 15 is 0 Å². The van der Waals surface area contributed by atoms with Gasteiger partial charge in [0, 0.05) is 21.9 Å². The molecule has 11 rings (SSSR count). The third kappa shape index (κ3) is 4.09. The lowest BCUT2D eigenvalue weighted by Crippen LogP contribution is -1.94. The van der Waals surface area contributed by atoms with Gasteiger partial charge in [-0.3, -0.25) is 0 Å². The predicted molar refractivity (Wildman–Crippen MR) is 218 cm³/mol. The van der Waals surface area contributed by atoms with Gasteiger partial charge in [-0.05, 0) is 82.2 Å². The zero-order valence-electron chi connectivity index (χ0n) is 35.1. The van der Waals surface area contributed by atoms with Crippen LogP contribution < -0.4 is 0 Å². The van der Waals surface area contributed by atoms with E-state index in [4.69, 9.17) is 9.90 Å². The van der Waals surface area contributed by atoms with Crippen molar-refractivity contribution in [3.8, 4) is 33.4 Å². The van der Waals surface area contributed by atoms with Crippen molar-refractivity contribution >= 4 is 75.8 Å². The normalized spacial score (nSPS) is 14.1. The van der Waals surface area contributed by atoms with Crippen LogP contribution in [0.25, 0.3) is 109 Å². The lowest BCUT2D eigenvalue weighted by atomic mass is 9.81. The van der Waals surface area contributed by atoms with Crippen LogP contribution in [0.15, 0.2) is 186 Å². The second kappa shape index (κ2) is 10.9. The molecule has 1 heteroatoms. The molecule has 0 aliphatic carbocycles. The van der Waals surface area contributed by atoms with Gasteiger partial charge in [0.05, 0.1) is 11.0 Å². The Morgan fingerprint density at radius 1 is 0.333 bits per heavy atom. The van der Waals surface area contributed by atoms with E-state index in [2.05, 4.69) is 12.1 Å². The summed E-state index contributed by atoms with van der Waals surface area (Å²) in [6.07, 6.45) is 0. The molecular formula is C50H30O. The summed E-state index contributed by atoms with van der Waals surface area (Å²) in [5.41, 5.74) is 4.52. The number of benzene rings is 10. The molecule has 0 unspecified atom stereocenters. The molecular weight excluding hydrogens is 617 g/mol. The van der Waals surface area contributed by atoms with Crippen LogP contribution in [0, 0.1) is 0 Å². The van der Waals surface area contributed by atoms with Crippen molar-refractivity contribution in [3.05, 3.63) is 182 Å². The van der Waals surface area contributed by atoms with Gasteiger partial charge >= 0.3 is 0 Å². The second-order valence-corrected chi connectivity index (χ2v) is 12.9. The molecule has 0 amide bonds. The number of fused-ring (bicyclic) bond motifs is 9. The highest BCUT2D eigenvalue weighted by atomic mass is 16.3. The van der Waals surface area contributed by atoms with Crippen LogP contribution in [-0.2, 0) is 0 Å². The van der Waals surface area contributed by atoms with E-state index in [0.717, 1.165) is 48.7 Å². The minimum Gasteiger partial charge on any atom is -0.455 e. The first-order chi connectivity index (χ1) is 28.7.